The number of aliphatic hydroxyl groups is 1. The van der Waals surface area contributed by atoms with Crippen molar-refractivity contribution in [1.29, 1.82) is 0 Å². The van der Waals surface area contributed by atoms with Crippen LogP contribution in [0.15, 0.2) is 0 Å². The summed E-state index contributed by atoms with van der Waals surface area (Å²) in [4.78, 5) is 11.0. The molecule has 2 atom stereocenters. The van der Waals surface area contributed by atoms with Gasteiger partial charge >= 0.3 is 5.97 Å². The molecule has 0 saturated carbocycles. The maximum absolute atomic E-state index is 11.0. The third kappa shape index (κ3) is 6.89. The van der Waals surface area contributed by atoms with Gasteiger partial charge in [0.1, 0.15) is 0 Å². The summed E-state index contributed by atoms with van der Waals surface area (Å²) in [6.07, 6.45) is 2.31. The monoisotopic (exact) mass is 202 g/mol. The summed E-state index contributed by atoms with van der Waals surface area (Å²) in [5, 5.41) is 8.85. The van der Waals surface area contributed by atoms with Crippen LogP contribution in [0.5, 0.6) is 0 Å². The lowest BCUT2D eigenvalue weighted by Crippen LogP contribution is -2.10. The van der Waals surface area contributed by atoms with Crippen molar-refractivity contribution in [3.63, 3.8) is 0 Å². The Labute approximate surface area is 86.5 Å². The van der Waals surface area contributed by atoms with E-state index in [0.29, 0.717) is 24.9 Å². The van der Waals surface area contributed by atoms with Crippen LogP contribution in [0, 0.1) is 11.8 Å². The smallest absolute Gasteiger partial charge is 0.305 e. The van der Waals surface area contributed by atoms with E-state index in [1.807, 2.05) is 13.8 Å². The third-order valence-electron chi connectivity index (χ3n) is 2.26. The van der Waals surface area contributed by atoms with Gasteiger partial charge in [0, 0.05) is 13.0 Å². The first-order valence-corrected chi connectivity index (χ1v) is 5.36. The Morgan fingerprint density at radius 3 is 2.50 bits per heavy atom. The number of ether oxygens (including phenoxy) is 1. The summed E-state index contributed by atoms with van der Waals surface area (Å²) in [6.45, 7) is 6.62. The SMILES string of the molecule is CCOC(=O)CC[C@H](C)C[C@H](C)CO. The Hall–Kier alpha value is -0.570. The maximum Gasteiger partial charge on any atom is 0.305 e. The lowest BCUT2D eigenvalue weighted by atomic mass is 9.94. The van der Waals surface area contributed by atoms with Crippen LogP contribution in [0.3, 0.4) is 0 Å². The molecule has 0 bridgehead atoms. The minimum absolute atomic E-state index is 0.115. The summed E-state index contributed by atoms with van der Waals surface area (Å²) in [5.41, 5.74) is 0. The molecular formula is C11H22O3. The van der Waals surface area contributed by atoms with Gasteiger partial charge in [-0.3, -0.25) is 4.79 Å². The molecular weight excluding hydrogens is 180 g/mol. The number of aliphatic hydroxyl groups excluding tert-OH is 1. The summed E-state index contributed by atoms with van der Waals surface area (Å²) in [5.74, 6) is 0.685. The van der Waals surface area contributed by atoms with Gasteiger partial charge in [-0.05, 0) is 31.6 Å². The Morgan fingerprint density at radius 2 is 2.00 bits per heavy atom. The first-order chi connectivity index (χ1) is 6.60. The van der Waals surface area contributed by atoms with E-state index < -0.39 is 0 Å². The fourth-order valence-corrected chi connectivity index (χ4v) is 1.48. The molecule has 0 unspecified atom stereocenters. The van der Waals surface area contributed by atoms with Crippen LogP contribution >= 0.6 is 0 Å². The van der Waals surface area contributed by atoms with Gasteiger partial charge in [-0.2, -0.15) is 0 Å². The number of carbonyl (C=O) groups excluding carboxylic acids is 1. The second-order valence-corrected chi connectivity index (χ2v) is 3.97. The number of hydrogen-bond acceptors (Lipinski definition) is 3. The topological polar surface area (TPSA) is 46.5 Å². The molecule has 84 valence electrons. The van der Waals surface area contributed by atoms with Crippen LogP contribution in [0.2, 0.25) is 0 Å². The van der Waals surface area contributed by atoms with Crippen molar-refractivity contribution in [3.8, 4) is 0 Å². The molecule has 0 rings (SSSR count). The van der Waals surface area contributed by atoms with Crippen LogP contribution in [0.25, 0.3) is 0 Å². The molecule has 3 nitrogen and oxygen atoms in total. The lowest BCUT2D eigenvalue weighted by Gasteiger charge is -2.14. The summed E-state index contributed by atoms with van der Waals surface area (Å²) < 4.78 is 4.84. The lowest BCUT2D eigenvalue weighted by molar-refractivity contribution is -0.143. The number of carbonyl (C=O) groups is 1. The summed E-state index contributed by atoms with van der Waals surface area (Å²) >= 11 is 0. The molecule has 0 fully saturated rings. The zero-order valence-corrected chi connectivity index (χ0v) is 9.45. The van der Waals surface area contributed by atoms with Crippen molar-refractivity contribution in [1.82, 2.24) is 0 Å². The first kappa shape index (κ1) is 13.4. The van der Waals surface area contributed by atoms with Crippen molar-refractivity contribution >= 4 is 5.97 Å². The minimum atomic E-state index is -0.115. The van der Waals surface area contributed by atoms with E-state index in [9.17, 15) is 4.79 Å². The minimum Gasteiger partial charge on any atom is -0.466 e. The van der Waals surface area contributed by atoms with E-state index >= 15 is 0 Å². The van der Waals surface area contributed by atoms with E-state index in [1.54, 1.807) is 0 Å². The van der Waals surface area contributed by atoms with Crippen molar-refractivity contribution in [2.24, 2.45) is 11.8 Å². The van der Waals surface area contributed by atoms with Crippen molar-refractivity contribution < 1.29 is 14.6 Å². The Morgan fingerprint density at radius 1 is 1.36 bits per heavy atom. The van der Waals surface area contributed by atoms with E-state index in [0.717, 1.165) is 12.8 Å². The second kappa shape index (κ2) is 7.80. The average Bonchev–Trinajstić information content (AvgIpc) is 2.15. The van der Waals surface area contributed by atoms with E-state index in [-0.39, 0.29) is 12.6 Å². The molecule has 3 heteroatoms. The van der Waals surface area contributed by atoms with E-state index in [1.165, 1.54) is 0 Å². The van der Waals surface area contributed by atoms with Gasteiger partial charge in [0.25, 0.3) is 0 Å². The van der Waals surface area contributed by atoms with E-state index in [2.05, 4.69) is 6.92 Å². The van der Waals surface area contributed by atoms with Crippen LogP contribution in [-0.2, 0) is 9.53 Å². The van der Waals surface area contributed by atoms with Crippen LogP contribution in [0.1, 0.15) is 40.0 Å². The zero-order valence-electron chi connectivity index (χ0n) is 9.45. The van der Waals surface area contributed by atoms with Crippen molar-refractivity contribution in [3.05, 3.63) is 0 Å². The van der Waals surface area contributed by atoms with Gasteiger partial charge in [-0.15, -0.1) is 0 Å². The molecule has 0 aromatic heterocycles. The molecule has 0 heterocycles. The molecule has 14 heavy (non-hydrogen) atoms. The molecule has 0 aliphatic carbocycles. The Kier molecular flexibility index (Phi) is 7.48. The maximum atomic E-state index is 11.0. The number of esters is 1. The van der Waals surface area contributed by atoms with Crippen LogP contribution < -0.4 is 0 Å². The highest BCUT2D eigenvalue weighted by Gasteiger charge is 2.10. The van der Waals surface area contributed by atoms with Gasteiger partial charge in [-0.25, -0.2) is 0 Å². The largest absolute Gasteiger partial charge is 0.466 e. The van der Waals surface area contributed by atoms with Gasteiger partial charge in [-0.1, -0.05) is 13.8 Å². The summed E-state index contributed by atoms with van der Waals surface area (Å²) in [7, 11) is 0. The highest BCUT2D eigenvalue weighted by atomic mass is 16.5. The molecule has 1 N–H and O–H groups in total. The molecule has 0 amide bonds. The van der Waals surface area contributed by atoms with Crippen LogP contribution in [0.4, 0.5) is 0 Å². The molecule has 0 saturated heterocycles. The quantitative estimate of drug-likeness (QED) is 0.642. The highest BCUT2D eigenvalue weighted by molar-refractivity contribution is 5.69. The van der Waals surface area contributed by atoms with Gasteiger partial charge in [0.05, 0.1) is 6.61 Å². The Balaban J connectivity index is 3.52. The predicted octanol–water partition coefficient (Wildman–Crippen LogP) is 1.98. The zero-order chi connectivity index (χ0) is 11.0. The number of hydrogen-bond donors (Lipinski definition) is 1. The Bertz CT molecular complexity index is 157. The molecule has 0 aliphatic heterocycles. The van der Waals surface area contributed by atoms with Crippen LogP contribution in [-0.4, -0.2) is 24.3 Å². The highest BCUT2D eigenvalue weighted by Crippen LogP contribution is 2.16. The molecule has 0 spiro atoms. The molecule has 0 aromatic rings. The van der Waals surface area contributed by atoms with Crippen molar-refractivity contribution in [2.75, 3.05) is 13.2 Å². The molecule has 0 aliphatic rings. The fourth-order valence-electron chi connectivity index (χ4n) is 1.48. The molecule has 0 aromatic carbocycles. The normalized spacial score (nSPS) is 14.9. The number of rotatable bonds is 7. The van der Waals surface area contributed by atoms with E-state index in [4.69, 9.17) is 9.84 Å². The van der Waals surface area contributed by atoms with Gasteiger partial charge < -0.3 is 9.84 Å². The third-order valence-corrected chi connectivity index (χ3v) is 2.26. The first-order valence-electron chi connectivity index (χ1n) is 5.36. The molecule has 0 radical (unpaired) electrons. The average molecular weight is 202 g/mol. The second-order valence-electron chi connectivity index (χ2n) is 3.97. The van der Waals surface area contributed by atoms with Gasteiger partial charge in [0.15, 0.2) is 0 Å². The van der Waals surface area contributed by atoms with Gasteiger partial charge in [0.2, 0.25) is 0 Å². The summed E-state index contributed by atoms with van der Waals surface area (Å²) in [6, 6.07) is 0. The van der Waals surface area contributed by atoms with Crippen molar-refractivity contribution in [2.45, 2.75) is 40.0 Å². The standard InChI is InChI=1S/C11H22O3/c1-4-14-11(13)6-5-9(2)7-10(3)8-12/h9-10,12H,4-8H2,1-3H3/t9-,10-/m0/s1. The predicted molar refractivity (Wildman–Crippen MR) is 55.9 cm³/mol. The fraction of sp³-hybridized carbons (Fsp3) is 0.909.